The lowest BCUT2D eigenvalue weighted by Crippen LogP contribution is -2.33. The minimum absolute atomic E-state index is 0. The van der Waals surface area contributed by atoms with Crippen LogP contribution in [-0.2, 0) is 4.74 Å². The second-order valence-corrected chi connectivity index (χ2v) is 5.00. The molecule has 0 aliphatic carbocycles. The first-order valence-electron chi connectivity index (χ1n) is 6.49. The molecule has 0 bridgehead atoms. The number of aromatic nitrogens is 3. The van der Waals surface area contributed by atoms with Crippen LogP contribution in [0.25, 0.3) is 11.0 Å². The maximum atomic E-state index is 11.6. The second-order valence-electron chi connectivity index (χ2n) is 5.00. The van der Waals surface area contributed by atoms with Crippen molar-refractivity contribution < 1.29 is 24.9 Å². The molecule has 0 unspecified atom stereocenters. The van der Waals surface area contributed by atoms with Crippen LogP contribution in [0.4, 0.5) is 5.82 Å². The number of ether oxygens (including phenoxy) is 1. The quantitative estimate of drug-likeness (QED) is 0.431. The van der Waals surface area contributed by atoms with Gasteiger partial charge in [-0.2, -0.15) is 0 Å². The van der Waals surface area contributed by atoms with Gasteiger partial charge in [-0.3, -0.25) is 4.79 Å². The fraction of sp³-hybridized carbons (Fsp3) is 0.417. The Hall–Kier alpha value is -1.98. The highest BCUT2D eigenvalue weighted by atomic mass is 35.5. The lowest BCUT2D eigenvalue weighted by atomic mass is 10.1. The number of aliphatic hydroxyl groups excluding tert-OH is 3. The summed E-state index contributed by atoms with van der Waals surface area (Å²) in [5.41, 5.74) is 11.4. The van der Waals surface area contributed by atoms with Crippen molar-refractivity contribution in [1.82, 2.24) is 14.5 Å². The Labute approximate surface area is 136 Å². The Morgan fingerprint density at radius 3 is 2.61 bits per heavy atom. The summed E-state index contributed by atoms with van der Waals surface area (Å²) in [6, 6.07) is 0. The van der Waals surface area contributed by atoms with E-state index < -0.39 is 37.1 Å². The van der Waals surface area contributed by atoms with E-state index >= 15 is 0 Å². The van der Waals surface area contributed by atoms with Crippen molar-refractivity contribution in [3.8, 4) is 0 Å². The van der Waals surface area contributed by atoms with E-state index in [9.17, 15) is 15.0 Å². The third-order valence-corrected chi connectivity index (χ3v) is 3.70. The number of hydrogen-bond donors (Lipinski definition) is 5. The molecule has 2 aromatic rings. The molecule has 1 aliphatic heterocycles. The average Bonchev–Trinajstić information content (AvgIpc) is 3.00. The van der Waals surface area contributed by atoms with Crippen molar-refractivity contribution in [2.75, 3.05) is 12.3 Å². The maximum Gasteiger partial charge on any atom is 0.251 e. The minimum atomic E-state index is -1.32. The minimum Gasteiger partial charge on any atom is -0.394 e. The highest BCUT2D eigenvalue weighted by Gasteiger charge is 2.44. The van der Waals surface area contributed by atoms with Gasteiger partial charge in [-0.25, -0.2) is 9.97 Å². The van der Waals surface area contributed by atoms with E-state index in [1.54, 1.807) is 0 Å². The number of nitrogens with zero attached hydrogens (tertiary/aromatic N) is 3. The van der Waals surface area contributed by atoms with Crippen molar-refractivity contribution >= 4 is 35.2 Å². The Bertz CT molecular complexity index is 738. The van der Waals surface area contributed by atoms with Crippen LogP contribution in [0, 0.1) is 0 Å². The van der Waals surface area contributed by atoms with Gasteiger partial charge in [0.2, 0.25) is 0 Å². The molecule has 11 heteroatoms. The van der Waals surface area contributed by atoms with Crippen LogP contribution < -0.4 is 11.5 Å². The predicted molar refractivity (Wildman–Crippen MR) is 80.7 cm³/mol. The Morgan fingerprint density at radius 1 is 1.35 bits per heavy atom. The Kier molecular flexibility index (Phi) is 4.73. The number of aliphatic hydroxyl groups is 3. The number of halogens is 1. The van der Waals surface area contributed by atoms with Crippen LogP contribution in [0.3, 0.4) is 0 Å². The van der Waals surface area contributed by atoms with Gasteiger partial charge in [0.1, 0.15) is 36.1 Å². The number of primary amides is 1. The SMILES string of the molecule is Cl.NC(=O)c1cn([C@@H]2O[C@H](CO)[C@@H](O)[C@H]2O)c2ncnc(N)c12. The first-order chi connectivity index (χ1) is 10.5. The molecule has 2 aromatic heterocycles. The number of carbonyl (C=O) groups is 1. The molecule has 4 atom stereocenters. The molecule has 7 N–H and O–H groups in total. The molecule has 3 rings (SSSR count). The fourth-order valence-corrected chi connectivity index (χ4v) is 2.60. The summed E-state index contributed by atoms with van der Waals surface area (Å²) in [6.45, 7) is -0.465. The third kappa shape index (κ3) is 2.60. The van der Waals surface area contributed by atoms with Gasteiger partial charge in [-0.15, -0.1) is 12.4 Å². The summed E-state index contributed by atoms with van der Waals surface area (Å²) in [5.74, 6) is -0.679. The molecule has 126 valence electrons. The van der Waals surface area contributed by atoms with Gasteiger partial charge >= 0.3 is 0 Å². The van der Waals surface area contributed by atoms with Crippen molar-refractivity contribution in [1.29, 1.82) is 0 Å². The molecule has 0 radical (unpaired) electrons. The summed E-state index contributed by atoms with van der Waals surface area (Å²) >= 11 is 0. The molecule has 3 heterocycles. The molecular weight excluding hydrogens is 330 g/mol. The predicted octanol–water partition coefficient (Wildman–Crippen LogP) is -1.85. The summed E-state index contributed by atoms with van der Waals surface area (Å²) < 4.78 is 6.77. The molecule has 10 nitrogen and oxygen atoms in total. The van der Waals surface area contributed by atoms with Gasteiger partial charge in [0.15, 0.2) is 6.23 Å². The lowest BCUT2D eigenvalue weighted by molar-refractivity contribution is -0.0508. The summed E-state index contributed by atoms with van der Waals surface area (Å²) in [7, 11) is 0. The zero-order chi connectivity index (χ0) is 16.0. The van der Waals surface area contributed by atoms with Crippen molar-refractivity contribution in [3.05, 3.63) is 18.1 Å². The zero-order valence-corrected chi connectivity index (χ0v) is 12.6. The van der Waals surface area contributed by atoms with Gasteiger partial charge in [-0.05, 0) is 0 Å². The number of anilines is 1. The molecule has 1 fully saturated rings. The maximum absolute atomic E-state index is 11.6. The molecule has 0 saturated carbocycles. The normalized spacial score (nSPS) is 27.1. The largest absolute Gasteiger partial charge is 0.394 e. The van der Waals surface area contributed by atoms with Crippen molar-refractivity contribution in [3.63, 3.8) is 0 Å². The van der Waals surface area contributed by atoms with E-state index in [0.717, 1.165) is 0 Å². The van der Waals surface area contributed by atoms with Crippen LogP contribution >= 0.6 is 12.4 Å². The summed E-state index contributed by atoms with van der Waals surface area (Å²) in [6.07, 6.45) is -2.06. The van der Waals surface area contributed by atoms with Crippen LogP contribution in [-0.4, -0.2) is 60.7 Å². The van der Waals surface area contributed by atoms with E-state index in [-0.39, 0.29) is 34.8 Å². The molecule has 0 aromatic carbocycles. The molecule has 0 spiro atoms. The number of fused-ring (bicyclic) bond motifs is 1. The monoisotopic (exact) mass is 345 g/mol. The number of rotatable bonds is 3. The highest BCUT2D eigenvalue weighted by Crippen LogP contribution is 2.34. The Morgan fingerprint density at radius 2 is 2.04 bits per heavy atom. The smallest absolute Gasteiger partial charge is 0.251 e. The van der Waals surface area contributed by atoms with Crippen LogP contribution in [0.2, 0.25) is 0 Å². The van der Waals surface area contributed by atoms with Crippen molar-refractivity contribution in [2.24, 2.45) is 5.73 Å². The highest BCUT2D eigenvalue weighted by molar-refractivity contribution is 6.08. The van der Waals surface area contributed by atoms with Gasteiger partial charge < -0.3 is 36.1 Å². The zero-order valence-electron chi connectivity index (χ0n) is 11.7. The number of nitrogen functional groups attached to an aromatic ring is 1. The summed E-state index contributed by atoms with van der Waals surface area (Å²) in [5, 5.41) is 29.3. The van der Waals surface area contributed by atoms with E-state index in [1.165, 1.54) is 17.1 Å². The lowest BCUT2D eigenvalue weighted by Gasteiger charge is -2.17. The molecule has 1 amide bonds. The first kappa shape index (κ1) is 17.4. The first-order valence-corrected chi connectivity index (χ1v) is 6.49. The van der Waals surface area contributed by atoms with Crippen LogP contribution in [0.15, 0.2) is 12.5 Å². The van der Waals surface area contributed by atoms with E-state index in [0.29, 0.717) is 0 Å². The molecular formula is C12H16ClN5O5. The number of carbonyl (C=O) groups excluding carboxylic acids is 1. The standard InChI is InChI=1S/C12H15N5O5.ClH/c13-9-6-4(10(14)21)1-17(11(6)16-3-15-9)12-8(20)7(19)5(2-18)22-12;/h1,3,5,7-8,12,18-20H,2H2,(H2,14,21)(H2,13,15,16);1H/t5-,7-,8-,12-;/m1./s1. The number of amides is 1. The average molecular weight is 346 g/mol. The van der Waals surface area contributed by atoms with Crippen LogP contribution in [0.5, 0.6) is 0 Å². The molecule has 23 heavy (non-hydrogen) atoms. The Balaban J connectivity index is 0.00000192. The topological polar surface area (TPSA) is 170 Å². The van der Waals surface area contributed by atoms with Gasteiger partial charge in [0.25, 0.3) is 5.91 Å². The van der Waals surface area contributed by atoms with Gasteiger partial charge in [0, 0.05) is 6.20 Å². The van der Waals surface area contributed by atoms with E-state index in [4.69, 9.17) is 21.3 Å². The second kappa shape index (κ2) is 6.26. The fourth-order valence-electron chi connectivity index (χ4n) is 2.60. The molecule has 1 saturated heterocycles. The van der Waals surface area contributed by atoms with Gasteiger partial charge in [-0.1, -0.05) is 0 Å². The number of hydrogen-bond acceptors (Lipinski definition) is 8. The van der Waals surface area contributed by atoms with Gasteiger partial charge in [0.05, 0.1) is 17.6 Å². The summed E-state index contributed by atoms with van der Waals surface area (Å²) in [4.78, 5) is 19.4. The van der Waals surface area contributed by atoms with Crippen LogP contribution in [0.1, 0.15) is 16.6 Å². The van der Waals surface area contributed by atoms with E-state index in [2.05, 4.69) is 9.97 Å². The number of nitrogens with two attached hydrogens (primary N) is 2. The van der Waals surface area contributed by atoms with E-state index in [1.807, 2.05) is 0 Å². The third-order valence-electron chi connectivity index (χ3n) is 3.70. The molecule has 1 aliphatic rings. The van der Waals surface area contributed by atoms with Crippen molar-refractivity contribution in [2.45, 2.75) is 24.5 Å².